The number of aryl methyl sites for hydroxylation is 1. The Bertz CT molecular complexity index is 429. The average Bonchev–Trinajstić information content (AvgIpc) is 2.83. The molecule has 2 rings (SSSR count). The molecule has 6 heteroatoms. The molecule has 0 aromatic carbocycles. The van der Waals surface area contributed by atoms with E-state index in [1.165, 1.54) is 4.68 Å². The van der Waals surface area contributed by atoms with E-state index in [0.717, 1.165) is 25.7 Å². The molecule has 16 heavy (non-hydrogen) atoms. The fourth-order valence-electron chi connectivity index (χ4n) is 2.12. The van der Waals surface area contributed by atoms with Crippen LogP contribution >= 0.6 is 0 Å². The number of aliphatic carboxylic acids is 1. The Morgan fingerprint density at radius 2 is 2.19 bits per heavy atom. The summed E-state index contributed by atoms with van der Waals surface area (Å²) in [7, 11) is 0. The lowest BCUT2D eigenvalue weighted by atomic mass is 10.3. The smallest absolute Gasteiger partial charge is 0.343 e. The molecule has 1 aliphatic carbocycles. The van der Waals surface area contributed by atoms with Crippen molar-refractivity contribution in [2.45, 2.75) is 44.6 Å². The van der Waals surface area contributed by atoms with Crippen molar-refractivity contribution in [2.75, 3.05) is 0 Å². The van der Waals surface area contributed by atoms with Gasteiger partial charge in [-0.1, -0.05) is 12.8 Å². The number of H-pyrrole nitrogens is 1. The van der Waals surface area contributed by atoms with Crippen molar-refractivity contribution in [3.63, 3.8) is 0 Å². The SMILES string of the molecule is O=C(O)CCc1nn(C2CCCC2)c(=O)[nH]1. The van der Waals surface area contributed by atoms with E-state index in [1.54, 1.807) is 0 Å². The zero-order valence-electron chi connectivity index (χ0n) is 8.98. The van der Waals surface area contributed by atoms with Crippen molar-refractivity contribution in [3.05, 3.63) is 16.3 Å². The van der Waals surface area contributed by atoms with Crippen molar-refractivity contribution in [3.8, 4) is 0 Å². The number of hydrogen-bond acceptors (Lipinski definition) is 3. The van der Waals surface area contributed by atoms with E-state index in [1.807, 2.05) is 0 Å². The van der Waals surface area contributed by atoms with Gasteiger partial charge in [0.1, 0.15) is 5.82 Å². The Morgan fingerprint density at radius 3 is 2.81 bits per heavy atom. The molecule has 88 valence electrons. The topological polar surface area (TPSA) is 88.0 Å². The fourth-order valence-corrected chi connectivity index (χ4v) is 2.12. The van der Waals surface area contributed by atoms with Gasteiger partial charge in [0.25, 0.3) is 0 Å². The molecule has 0 saturated heterocycles. The molecular formula is C10H15N3O3. The number of nitrogens with zero attached hydrogens (tertiary/aromatic N) is 2. The molecule has 1 heterocycles. The molecule has 1 aromatic rings. The van der Waals surface area contributed by atoms with Crippen LogP contribution in [0, 0.1) is 0 Å². The average molecular weight is 225 g/mol. The molecule has 1 aliphatic rings. The van der Waals surface area contributed by atoms with Gasteiger partial charge in [-0.25, -0.2) is 9.48 Å². The second kappa shape index (κ2) is 4.51. The first-order valence-corrected chi connectivity index (χ1v) is 5.56. The molecule has 0 unspecified atom stereocenters. The highest BCUT2D eigenvalue weighted by atomic mass is 16.4. The molecule has 1 aromatic heterocycles. The summed E-state index contributed by atoms with van der Waals surface area (Å²) in [5.74, 6) is -0.407. The maximum Gasteiger partial charge on any atom is 0.343 e. The molecule has 0 aliphatic heterocycles. The highest BCUT2D eigenvalue weighted by Crippen LogP contribution is 2.27. The summed E-state index contributed by atoms with van der Waals surface area (Å²) in [4.78, 5) is 24.6. The van der Waals surface area contributed by atoms with Crippen molar-refractivity contribution in [1.29, 1.82) is 0 Å². The van der Waals surface area contributed by atoms with Crippen LogP contribution in [0.3, 0.4) is 0 Å². The lowest BCUT2D eigenvalue weighted by molar-refractivity contribution is -0.137. The van der Waals surface area contributed by atoms with Crippen LogP contribution in [0.25, 0.3) is 0 Å². The van der Waals surface area contributed by atoms with E-state index in [0.29, 0.717) is 5.82 Å². The minimum absolute atomic E-state index is 0.00236. The summed E-state index contributed by atoms with van der Waals surface area (Å²) >= 11 is 0. The highest BCUT2D eigenvalue weighted by Gasteiger charge is 2.20. The van der Waals surface area contributed by atoms with Crippen LogP contribution in [-0.2, 0) is 11.2 Å². The van der Waals surface area contributed by atoms with E-state index in [2.05, 4.69) is 10.1 Å². The Morgan fingerprint density at radius 1 is 1.50 bits per heavy atom. The summed E-state index contributed by atoms with van der Waals surface area (Å²) < 4.78 is 1.48. The molecule has 2 N–H and O–H groups in total. The zero-order valence-corrected chi connectivity index (χ0v) is 8.98. The Labute approximate surface area is 92.3 Å². The zero-order chi connectivity index (χ0) is 11.5. The molecular weight excluding hydrogens is 210 g/mol. The van der Waals surface area contributed by atoms with E-state index >= 15 is 0 Å². The quantitative estimate of drug-likeness (QED) is 0.789. The number of carboxylic acids is 1. The minimum Gasteiger partial charge on any atom is -0.481 e. The van der Waals surface area contributed by atoms with Crippen molar-refractivity contribution >= 4 is 5.97 Å². The summed E-state index contributed by atoms with van der Waals surface area (Å²) in [6.07, 6.45) is 4.52. The number of carbonyl (C=O) groups is 1. The minimum atomic E-state index is -0.878. The monoisotopic (exact) mass is 225 g/mol. The highest BCUT2D eigenvalue weighted by molar-refractivity contribution is 5.66. The fraction of sp³-hybridized carbons (Fsp3) is 0.700. The van der Waals surface area contributed by atoms with Gasteiger partial charge in [-0.05, 0) is 12.8 Å². The van der Waals surface area contributed by atoms with Crippen LogP contribution in [0.1, 0.15) is 44.0 Å². The lowest BCUT2D eigenvalue weighted by Crippen LogP contribution is -2.21. The number of aromatic nitrogens is 3. The first kappa shape index (κ1) is 10.9. The van der Waals surface area contributed by atoms with Gasteiger partial charge in [0, 0.05) is 6.42 Å². The predicted molar refractivity (Wildman–Crippen MR) is 56.3 cm³/mol. The standard InChI is InChI=1S/C10H15N3O3/c14-9(15)6-5-8-11-10(16)13(12-8)7-3-1-2-4-7/h7H,1-6H2,(H,14,15)(H,11,12,16). The Hall–Kier alpha value is -1.59. The van der Waals surface area contributed by atoms with Crippen LogP contribution in [0.2, 0.25) is 0 Å². The number of carboxylic acid groups (broad SMARTS) is 1. The molecule has 0 spiro atoms. The maximum absolute atomic E-state index is 11.6. The third-order valence-corrected chi connectivity index (χ3v) is 2.93. The third-order valence-electron chi connectivity index (χ3n) is 2.93. The van der Waals surface area contributed by atoms with E-state index in [9.17, 15) is 9.59 Å². The van der Waals surface area contributed by atoms with Gasteiger partial charge in [-0.3, -0.25) is 9.78 Å². The Balaban J connectivity index is 2.09. The van der Waals surface area contributed by atoms with Crippen LogP contribution in [-0.4, -0.2) is 25.8 Å². The van der Waals surface area contributed by atoms with Gasteiger partial charge >= 0.3 is 11.7 Å². The van der Waals surface area contributed by atoms with E-state index < -0.39 is 5.97 Å². The summed E-state index contributed by atoms with van der Waals surface area (Å²) in [6, 6.07) is 0.197. The lowest BCUT2D eigenvalue weighted by Gasteiger charge is -2.06. The molecule has 0 bridgehead atoms. The Kier molecular flexibility index (Phi) is 3.07. The van der Waals surface area contributed by atoms with Gasteiger partial charge in [-0.2, -0.15) is 5.10 Å². The molecule has 6 nitrogen and oxygen atoms in total. The van der Waals surface area contributed by atoms with Gasteiger partial charge < -0.3 is 5.11 Å². The van der Waals surface area contributed by atoms with Crippen molar-refractivity contribution in [2.24, 2.45) is 0 Å². The molecule has 0 amide bonds. The van der Waals surface area contributed by atoms with Crippen molar-refractivity contribution in [1.82, 2.24) is 14.8 Å². The number of nitrogens with one attached hydrogen (secondary N) is 1. The third kappa shape index (κ3) is 2.32. The van der Waals surface area contributed by atoms with Gasteiger partial charge in [0.15, 0.2) is 0 Å². The second-order valence-corrected chi connectivity index (χ2v) is 4.15. The molecule has 0 atom stereocenters. The summed E-state index contributed by atoms with van der Waals surface area (Å²) in [6.45, 7) is 0. The van der Waals surface area contributed by atoms with Gasteiger partial charge in [-0.15, -0.1) is 0 Å². The predicted octanol–water partition coefficient (Wildman–Crippen LogP) is 0.704. The first-order chi connectivity index (χ1) is 7.66. The largest absolute Gasteiger partial charge is 0.481 e. The molecule has 1 saturated carbocycles. The maximum atomic E-state index is 11.6. The summed E-state index contributed by atoms with van der Waals surface area (Å²) in [5.41, 5.74) is -0.215. The van der Waals surface area contributed by atoms with E-state index in [-0.39, 0.29) is 24.6 Å². The second-order valence-electron chi connectivity index (χ2n) is 4.15. The van der Waals surface area contributed by atoms with Crippen LogP contribution < -0.4 is 5.69 Å². The number of hydrogen-bond donors (Lipinski definition) is 2. The normalized spacial score (nSPS) is 16.8. The molecule has 1 fully saturated rings. The van der Waals surface area contributed by atoms with E-state index in [4.69, 9.17) is 5.11 Å². The van der Waals surface area contributed by atoms with Gasteiger partial charge in [0.2, 0.25) is 0 Å². The number of rotatable bonds is 4. The van der Waals surface area contributed by atoms with Crippen LogP contribution in [0.4, 0.5) is 0 Å². The van der Waals surface area contributed by atoms with Crippen LogP contribution in [0.5, 0.6) is 0 Å². The first-order valence-electron chi connectivity index (χ1n) is 5.56. The van der Waals surface area contributed by atoms with Crippen molar-refractivity contribution < 1.29 is 9.90 Å². The molecule has 0 radical (unpaired) electrons. The number of aromatic amines is 1. The van der Waals surface area contributed by atoms with Gasteiger partial charge in [0.05, 0.1) is 12.5 Å². The summed E-state index contributed by atoms with van der Waals surface area (Å²) in [5, 5.41) is 12.7. The van der Waals surface area contributed by atoms with Crippen LogP contribution in [0.15, 0.2) is 4.79 Å².